The van der Waals surface area contributed by atoms with Crippen molar-refractivity contribution in [2.24, 2.45) is 0 Å². The number of aromatic nitrogens is 2. The largest absolute Gasteiger partial charge is 0.437 e. The molecule has 0 unspecified atom stereocenters. The molecule has 0 saturated carbocycles. The molecular formula is C14H19BFN3O2S. The van der Waals surface area contributed by atoms with Gasteiger partial charge in [-0.1, -0.05) is 11.8 Å². The lowest BCUT2D eigenvalue weighted by molar-refractivity contribution is 0.272. The van der Waals surface area contributed by atoms with E-state index in [1.165, 1.54) is 23.9 Å². The molecule has 0 aliphatic heterocycles. The average Bonchev–Trinajstić information content (AvgIpc) is 2.78. The second-order valence-electron chi connectivity index (χ2n) is 4.93. The maximum Gasteiger partial charge on any atom is 0.373 e. The summed E-state index contributed by atoms with van der Waals surface area (Å²) < 4.78 is 14.8. The molecule has 118 valence electrons. The van der Waals surface area contributed by atoms with Gasteiger partial charge in [-0.2, -0.15) is 5.10 Å². The number of aliphatic hydroxyl groups excluding tert-OH is 1. The first kappa shape index (κ1) is 17.0. The summed E-state index contributed by atoms with van der Waals surface area (Å²) in [6, 6.07) is 6.22. The first-order valence-electron chi connectivity index (χ1n) is 7.03. The standard InChI is InChI=1S/C14H19BFN3O2S/c1-10-14(22-12-5-3-11(16)4-6-12)13(9-20)18-19(10)8-7-17-15(2)21/h3-6,17,20-21H,7-9H2,1-2H3. The summed E-state index contributed by atoms with van der Waals surface area (Å²) in [7, 11) is -0.568. The zero-order valence-electron chi connectivity index (χ0n) is 12.6. The van der Waals surface area contributed by atoms with Crippen molar-refractivity contribution >= 4 is 18.8 Å². The molecule has 8 heteroatoms. The molecule has 5 nitrogen and oxygen atoms in total. The molecule has 2 rings (SSSR count). The zero-order valence-corrected chi connectivity index (χ0v) is 13.4. The molecular weight excluding hydrogens is 304 g/mol. The molecule has 22 heavy (non-hydrogen) atoms. The Balaban J connectivity index is 2.15. The Kier molecular flexibility index (Phi) is 6.02. The number of nitrogens with one attached hydrogen (secondary N) is 1. The van der Waals surface area contributed by atoms with Gasteiger partial charge in [0.05, 0.1) is 18.0 Å². The summed E-state index contributed by atoms with van der Waals surface area (Å²) in [5.41, 5.74) is 1.54. The normalized spacial score (nSPS) is 11.0. The second kappa shape index (κ2) is 7.78. The number of benzene rings is 1. The summed E-state index contributed by atoms with van der Waals surface area (Å²) in [4.78, 5) is 1.77. The van der Waals surface area contributed by atoms with Gasteiger partial charge in [-0.05, 0) is 38.0 Å². The Bertz CT molecular complexity index is 619. The highest BCUT2D eigenvalue weighted by Gasteiger charge is 2.15. The molecule has 0 radical (unpaired) electrons. The van der Waals surface area contributed by atoms with E-state index in [0.717, 1.165) is 15.5 Å². The molecule has 0 aliphatic carbocycles. The second-order valence-corrected chi connectivity index (χ2v) is 6.01. The molecule has 0 spiro atoms. The van der Waals surface area contributed by atoms with Crippen LogP contribution in [0.15, 0.2) is 34.1 Å². The molecule has 1 heterocycles. The molecule has 2 aromatic rings. The smallest absolute Gasteiger partial charge is 0.373 e. The molecule has 1 aromatic carbocycles. The van der Waals surface area contributed by atoms with Crippen LogP contribution in [0, 0.1) is 12.7 Å². The Morgan fingerprint density at radius 3 is 2.64 bits per heavy atom. The number of nitrogens with zero attached hydrogens (tertiary/aromatic N) is 2. The topological polar surface area (TPSA) is 70.3 Å². The summed E-state index contributed by atoms with van der Waals surface area (Å²) >= 11 is 1.45. The fraction of sp³-hybridized carbons (Fsp3) is 0.357. The number of hydrogen-bond donors (Lipinski definition) is 3. The molecule has 0 saturated heterocycles. The Morgan fingerprint density at radius 1 is 1.36 bits per heavy atom. The maximum absolute atomic E-state index is 13.0. The fourth-order valence-corrected chi connectivity index (χ4v) is 3.03. The van der Waals surface area contributed by atoms with Gasteiger partial charge < -0.3 is 15.4 Å². The van der Waals surface area contributed by atoms with Gasteiger partial charge in [0.15, 0.2) is 0 Å². The third-order valence-corrected chi connectivity index (χ3v) is 4.41. The SMILES string of the molecule is CB(O)NCCn1nc(CO)c(Sc2ccc(F)cc2)c1C. The van der Waals surface area contributed by atoms with E-state index >= 15 is 0 Å². The van der Waals surface area contributed by atoms with Crippen molar-refractivity contribution in [1.82, 2.24) is 15.0 Å². The van der Waals surface area contributed by atoms with Crippen LogP contribution < -0.4 is 5.23 Å². The van der Waals surface area contributed by atoms with Crippen molar-refractivity contribution in [3.63, 3.8) is 0 Å². The monoisotopic (exact) mass is 323 g/mol. The number of aliphatic hydroxyl groups is 1. The van der Waals surface area contributed by atoms with Crippen LogP contribution in [0.5, 0.6) is 0 Å². The van der Waals surface area contributed by atoms with E-state index in [1.54, 1.807) is 23.6 Å². The molecule has 0 aliphatic rings. The number of rotatable bonds is 7. The van der Waals surface area contributed by atoms with Crippen LogP contribution in [0.1, 0.15) is 11.4 Å². The highest BCUT2D eigenvalue weighted by molar-refractivity contribution is 7.99. The van der Waals surface area contributed by atoms with Crippen LogP contribution in [-0.4, -0.2) is 33.5 Å². The molecule has 3 N–H and O–H groups in total. The Labute approximate surface area is 133 Å². The Morgan fingerprint density at radius 2 is 2.05 bits per heavy atom. The van der Waals surface area contributed by atoms with Crippen LogP contribution in [0.3, 0.4) is 0 Å². The minimum absolute atomic E-state index is 0.152. The molecule has 0 atom stereocenters. The van der Waals surface area contributed by atoms with E-state index in [9.17, 15) is 14.5 Å². The summed E-state index contributed by atoms with van der Waals surface area (Å²) in [5, 5.41) is 26.0. The highest BCUT2D eigenvalue weighted by Crippen LogP contribution is 2.33. The van der Waals surface area contributed by atoms with E-state index in [2.05, 4.69) is 10.3 Å². The van der Waals surface area contributed by atoms with Gasteiger partial charge in [-0.25, -0.2) is 4.39 Å². The molecule has 0 fully saturated rings. The average molecular weight is 323 g/mol. The minimum Gasteiger partial charge on any atom is -0.437 e. The van der Waals surface area contributed by atoms with Crippen molar-refractivity contribution in [3.8, 4) is 0 Å². The quantitative estimate of drug-likeness (QED) is 0.676. The van der Waals surface area contributed by atoms with E-state index in [0.29, 0.717) is 18.8 Å². The van der Waals surface area contributed by atoms with Crippen molar-refractivity contribution in [3.05, 3.63) is 41.5 Å². The lowest BCUT2D eigenvalue weighted by atomic mass is 9.89. The predicted octanol–water partition coefficient (Wildman–Crippen LogP) is 1.67. The first-order chi connectivity index (χ1) is 10.5. The van der Waals surface area contributed by atoms with E-state index < -0.39 is 7.05 Å². The number of hydrogen-bond acceptors (Lipinski definition) is 5. The maximum atomic E-state index is 13.0. The Hall–Kier alpha value is -1.35. The van der Waals surface area contributed by atoms with Crippen LogP contribution in [-0.2, 0) is 13.2 Å². The van der Waals surface area contributed by atoms with Gasteiger partial charge in [-0.15, -0.1) is 0 Å². The van der Waals surface area contributed by atoms with Crippen LogP contribution in [0.25, 0.3) is 0 Å². The fourth-order valence-electron chi connectivity index (χ4n) is 2.05. The minimum atomic E-state index is -0.568. The van der Waals surface area contributed by atoms with Gasteiger partial charge in [0, 0.05) is 17.1 Å². The van der Waals surface area contributed by atoms with Crippen molar-refractivity contribution < 1.29 is 14.5 Å². The predicted molar refractivity (Wildman–Crippen MR) is 85.2 cm³/mol. The van der Waals surface area contributed by atoms with Crippen LogP contribution in [0.2, 0.25) is 6.82 Å². The van der Waals surface area contributed by atoms with Gasteiger partial charge in [-0.3, -0.25) is 4.68 Å². The van der Waals surface area contributed by atoms with Gasteiger partial charge in [0.1, 0.15) is 11.5 Å². The van der Waals surface area contributed by atoms with E-state index in [4.69, 9.17) is 0 Å². The zero-order chi connectivity index (χ0) is 16.1. The van der Waals surface area contributed by atoms with Crippen molar-refractivity contribution in [2.75, 3.05) is 6.54 Å². The van der Waals surface area contributed by atoms with Crippen LogP contribution >= 0.6 is 11.8 Å². The molecule has 0 bridgehead atoms. The van der Waals surface area contributed by atoms with Gasteiger partial charge >= 0.3 is 7.05 Å². The summed E-state index contributed by atoms with van der Waals surface area (Å²) in [5.74, 6) is -0.275. The highest BCUT2D eigenvalue weighted by atomic mass is 32.2. The third-order valence-electron chi connectivity index (χ3n) is 3.17. The van der Waals surface area contributed by atoms with Crippen molar-refractivity contribution in [1.29, 1.82) is 0 Å². The van der Waals surface area contributed by atoms with Crippen molar-refractivity contribution in [2.45, 2.75) is 36.7 Å². The van der Waals surface area contributed by atoms with Crippen LogP contribution in [0.4, 0.5) is 4.39 Å². The summed E-state index contributed by atoms with van der Waals surface area (Å²) in [6.07, 6.45) is 0. The first-order valence-corrected chi connectivity index (χ1v) is 7.85. The number of halogens is 1. The van der Waals surface area contributed by atoms with E-state index in [1.807, 2.05) is 6.92 Å². The molecule has 1 aromatic heterocycles. The molecule has 0 amide bonds. The lowest BCUT2D eigenvalue weighted by Gasteiger charge is -2.07. The van der Waals surface area contributed by atoms with Gasteiger partial charge in [0.25, 0.3) is 0 Å². The lowest BCUT2D eigenvalue weighted by Crippen LogP contribution is -2.33. The third kappa shape index (κ3) is 4.33. The summed E-state index contributed by atoms with van der Waals surface area (Å²) in [6.45, 7) is 4.60. The van der Waals surface area contributed by atoms with E-state index in [-0.39, 0.29) is 12.4 Å². The van der Waals surface area contributed by atoms with Gasteiger partial charge in [0.2, 0.25) is 0 Å².